The standard InChI is InChI=1S/C16H21ClN2O/c1-12-3-2-6-16(8-12,11-20)19-10-14-5-4-13(9-18)7-15(14)17/h4-5,7,12,19-20H,2-3,6,8,10-11H2,1H3. The topological polar surface area (TPSA) is 56.0 Å². The monoisotopic (exact) mass is 292 g/mol. The van der Waals surface area contributed by atoms with Gasteiger partial charge in [0.15, 0.2) is 0 Å². The van der Waals surface area contributed by atoms with Crippen LogP contribution in [0.1, 0.15) is 43.7 Å². The van der Waals surface area contributed by atoms with Crippen molar-refractivity contribution < 1.29 is 5.11 Å². The number of hydrogen-bond donors (Lipinski definition) is 2. The molecule has 0 aromatic heterocycles. The van der Waals surface area contributed by atoms with Crippen LogP contribution in [0.25, 0.3) is 0 Å². The summed E-state index contributed by atoms with van der Waals surface area (Å²) >= 11 is 6.19. The predicted octanol–water partition coefficient (Wildman–Crippen LogP) is 3.24. The number of aliphatic hydroxyl groups is 1. The second-order valence-electron chi connectivity index (χ2n) is 5.91. The Labute approximate surface area is 125 Å². The summed E-state index contributed by atoms with van der Waals surface area (Å²) in [5.41, 5.74) is 1.35. The second kappa shape index (κ2) is 6.58. The van der Waals surface area contributed by atoms with Crippen LogP contribution in [0, 0.1) is 17.2 Å². The van der Waals surface area contributed by atoms with Gasteiger partial charge in [0.25, 0.3) is 0 Å². The molecular formula is C16H21ClN2O. The van der Waals surface area contributed by atoms with Crippen LogP contribution in [0.4, 0.5) is 0 Å². The van der Waals surface area contributed by atoms with Gasteiger partial charge in [-0.1, -0.05) is 37.4 Å². The summed E-state index contributed by atoms with van der Waals surface area (Å²) in [6.07, 6.45) is 4.38. The number of nitrogens with one attached hydrogen (secondary N) is 1. The molecule has 1 fully saturated rings. The van der Waals surface area contributed by atoms with E-state index in [0.717, 1.165) is 24.8 Å². The van der Waals surface area contributed by atoms with E-state index in [1.165, 1.54) is 6.42 Å². The van der Waals surface area contributed by atoms with Crippen LogP contribution in [-0.4, -0.2) is 17.3 Å². The average Bonchev–Trinajstić information content (AvgIpc) is 2.46. The van der Waals surface area contributed by atoms with Crippen molar-refractivity contribution in [1.29, 1.82) is 5.26 Å². The number of benzene rings is 1. The van der Waals surface area contributed by atoms with Gasteiger partial charge in [0, 0.05) is 17.1 Å². The molecule has 2 rings (SSSR count). The van der Waals surface area contributed by atoms with Gasteiger partial charge in [0.2, 0.25) is 0 Å². The Hall–Kier alpha value is -1.08. The summed E-state index contributed by atoms with van der Waals surface area (Å²) in [7, 11) is 0. The molecule has 1 aliphatic carbocycles. The van der Waals surface area contributed by atoms with Crippen LogP contribution in [-0.2, 0) is 6.54 Å². The molecule has 2 atom stereocenters. The highest BCUT2D eigenvalue weighted by atomic mass is 35.5. The summed E-state index contributed by atoms with van der Waals surface area (Å²) in [5, 5.41) is 22.7. The molecule has 20 heavy (non-hydrogen) atoms. The third kappa shape index (κ3) is 3.52. The lowest BCUT2D eigenvalue weighted by atomic mass is 9.77. The molecule has 0 saturated heterocycles. The van der Waals surface area contributed by atoms with Crippen molar-refractivity contribution in [2.75, 3.05) is 6.61 Å². The van der Waals surface area contributed by atoms with Crippen molar-refractivity contribution >= 4 is 11.6 Å². The third-order valence-corrected chi connectivity index (χ3v) is 4.58. The van der Waals surface area contributed by atoms with Gasteiger partial charge in [-0.15, -0.1) is 0 Å². The van der Waals surface area contributed by atoms with Crippen LogP contribution in [0.3, 0.4) is 0 Å². The van der Waals surface area contributed by atoms with Crippen LogP contribution in [0.15, 0.2) is 18.2 Å². The van der Waals surface area contributed by atoms with E-state index < -0.39 is 0 Å². The van der Waals surface area contributed by atoms with Gasteiger partial charge in [-0.3, -0.25) is 0 Å². The summed E-state index contributed by atoms with van der Waals surface area (Å²) < 4.78 is 0. The first-order chi connectivity index (χ1) is 9.58. The fourth-order valence-electron chi connectivity index (χ4n) is 3.06. The molecule has 2 unspecified atom stereocenters. The molecule has 4 heteroatoms. The first kappa shape index (κ1) is 15.3. The molecule has 1 aromatic rings. The summed E-state index contributed by atoms with van der Waals surface area (Å²) in [5.74, 6) is 0.639. The third-order valence-electron chi connectivity index (χ3n) is 4.23. The minimum Gasteiger partial charge on any atom is -0.394 e. The molecular weight excluding hydrogens is 272 g/mol. The molecule has 0 spiro atoms. The van der Waals surface area contributed by atoms with Gasteiger partial charge in [-0.2, -0.15) is 5.26 Å². The van der Waals surface area contributed by atoms with Gasteiger partial charge >= 0.3 is 0 Å². The Bertz CT molecular complexity index is 512. The lowest BCUT2D eigenvalue weighted by Gasteiger charge is -2.39. The van der Waals surface area contributed by atoms with Crippen LogP contribution < -0.4 is 5.32 Å². The lowest BCUT2D eigenvalue weighted by molar-refractivity contribution is 0.0982. The average molecular weight is 293 g/mol. The maximum absolute atomic E-state index is 9.75. The minimum absolute atomic E-state index is 0.158. The van der Waals surface area contributed by atoms with E-state index in [-0.39, 0.29) is 12.1 Å². The molecule has 1 saturated carbocycles. The minimum atomic E-state index is -0.186. The van der Waals surface area contributed by atoms with E-state index in [2.05, 4.69) is 18.3 Å². The number of hydrogen-bond acceptors (Lipinski definition) is 3. The predicted molar refractivity (Wildman–Crippen MR) is 80.5 cm³/mol. The van der Waals surface area contributed by atoms with E-state index in [9.17, 15) is 5.11 Å². The number of aliphatic hydroxyl groups excluding tert-OH is 1. The largest absolute Gasteiger partial charge is 0.394 e. The zero-order chi connectivity index (χ0) is 14.6. The molecule has 0 amide bonds. The molecule has 108 valence electrons. The van der Waals surface area contributed by atoms with E-state index in [1.54, 1.807) is 12.1 Å². The lowest BCUT2D eigenvalue weighted by Crippen LogP contribution is -2.51. The molecule has 0 bridgehead atoms. The summed E-state index contributed by atoms with van der Waals surface area (Å²) in [4.78, 5) is 0. The zero-order valence-electron chi connectivity index (χ0n) is 11.8. The van der Waals surface area contributed by atoms with Crippen molar-refractivity contribution in [3.63, 3.8) is 0 Å². The van der Waals surface area contributed by atoms with Crippen molar-refractivity contribution in [2.45, 2.75) is 44.7 Å². The molecule has 0 aliphatic heterocycles. The number of halogens is 1. The smallest absolute Gasteiger partial charge is 0.0992 e. The number of rotatable bonds is 4. The highest BCUT2D eigenvalue weighted by Gasteiger charge is 2.33. The molecule has 1 aromatic carbocycles. The van der Waals surface area contributed by atoms with Crippen LogP contribution in [0.5, 0.6) is 0 Å². The fraction of sp³-hybridized carbons (Fsp3) is 0.562. The zero-order valence-corrected chi connectivity index (χ0v) is 12.6. The Morgan fingerprint density at radius 3 is 2.95 bits per heavy atom. The summed E-state index contributed by atoms with van der Waals surface area (Å²) in [6, 6.07) is 7.42. The maximum atomic E-state index is 9.75. The van der Waals surface area contributed by atoms with Gasteiger partial charge in [-0.05, 0) is 36.5 Å². The SMILES string of the molecule is CC1CCCC(CO)(NCc2ccc(C#N)cc2Cl)C1. The maximum Gasteiger partial charge on any atom is 0.0992 e. The fourth-order valence-corrected chi connectivity index (χ4v) is 3.31. The highest BCUT2D eigenvalue weighted by molar-refractivity contribution is 6.31. The molecule has 0 heterocycles. The normalized spacial score (nSPS) is 26.2. The van der Waals surface area contributed by atoms with Crippen molar-refractivity contribution in [3.05, 3.63) is 34.3 Å². The van der Waals surface area contributed by atoms with E-state index >= 15 is 0 Å². The molecule has 1 aliphatic rings. The number of nitriles is 1. The quantitative estimate of drug-likeness (QED) is 0.896. The van der Waals surface area contributed by atoms with Crippen LogP contribution >= 0.6 is 11.6 Å². The van der Waals surface area contributed by atoms with Gasteiger partial charge < -0.3 is 10.4 Å². The Morgan fingerprint density at radius 2 is 2.35 bits per heavy atom. The van der Waals surface area contributed by atoms with Gasteiger partial charge in [0.1, 0.15) is 0 Å². The van der Waals surface area contributed by atoms with Crippen LogP contribution in [0.2, 0.25) is 5.02 Å². The molecule has 0 radical (unpaired) electrons. The summed E-state index contributed by atoms with van der Waals surface area (Å²) in [6.45, 7) is 3.02. The Morgan fingerprint density at radius 1 is 1.55 bits per heavy atom. The van der Waals surface area contributed by atoms with Crippen molar-refractivity contribution in [2.24, 2.45) is 5.92 Å². The first-order valence-electron chi connectivity index (χ1n) is 7.13. The van der Waals surface area contributed by atoms with Crippen molar-refractivity contribution in [1.82, 2.24) is 5.32 Å². The highest BCUT2D eigenvalue weighted by Crippen LogP contribution is 2.32. The first-order valence-corrected chi connectivity index (χ1v) is 7.51. The van der Waals surface area contributed by atoms with E-state index in [0.29, 0.717) is 23.0 Å². The Balaban J connectivity index is 2.05. The molecule has 2 N–H and O–H groups in total. The molecule has 3 nitrogen and oxygen atoms in total. The van der Waals surface area contributed by atoms with E-state index in [4.69, 9.17) is 16.9 Å². The number of nitrogens with zero attached hydrogens (tertiary/aromatic N) is 1. The second-order valence-corrected chi connectivity index (χ2v) is 6.32. The Kier molecular flexibility index (Phi) is 5.04. The van der Waals surface area contributed by atoms with Gasteiger partial charge in [0.05, 0.1) is 18.2 Å². The van der Waals surface area contributed by atoms with Crippen molar-refractivity contribution in [3.8, 4) is 6.07 Å². The van der Waals surface area contributed by atoms with Gasteiger partial charge in [-0.25, -0.2) is 0 Å². The van der Waals surface area contributed by atoms with E-state index in [1.807, 2.05) is 6.07 Å².